The molecule has 26 heavy (non-hydrogen) atoms. The molecule has 0 saturated carbocycles. The molecule has 0 aliphatic heterocycles. The molecule has 5 heteroatoms. The Hall–Kier alpha value is -2.01. The lowest BCUT2D eigenvalue weighted by Gasteiger charge is -2.33. The van der Waals surface area contributed by atoms with Crippen molar-refractivity contribution in [2.45, 2.75) is 53.5 Å². The van der Waals surface area contributed by atoms with Crippen LogP contribution >= 0.6 is 11.3 Å². The molecule has 0 radical (unpaired) electrons. The van der Waals surface area contributed by atoms with Gasteiger partial charge in [-0.3, -0.25) is 4.79 Å². The number of hydrogen-bond donors (Lipinski definition) is 0. The third kappa shape index (κ3) is 2.98. The van der Waals surface area contributed by atoms with Gasteiger partial charge in [-0.25, -0.2) is 4.68 Å². The molecular formula is C21H25N3OS. The second kappa shape index (κ2) is 6.31. The van der Waals surface area contributed by atoms with Gasteiger partial charge in [0.05, 0.1) is 11.9 Å². The van der Waals surface area contributed by atoms with Crippen molar-refractivity contribution in [3.63, 3.8) is 0 Å². The van der Waals surface area contributed by atoms with Crippen LogP contribution in [0.5, 0.6) is 0 Å². The van der Waals surface area contributed by atoms with Gasteiger partial charge in [-0.15, -0.1) is 16.4 Å². The summed E-state index contributed by atoms with van der Waals surface area (Å²) < 4.78 is 1.52. The highest BCUT2D eigenvalue weighted by Gasteiger charge is 2.31. The van der Waals surface area contributed by atoms with Crippen LogP contribution < -0.4 is 5.56 Å². The van der Waals surface area contributed by atoms with Gasteiger partial charge in [0, 0.05) is 4.88 Å². The minimum Gasteiger partial charge on any atom is -0.267 e. The molecule has 2 aromatic heterocycles. The maximum absolute atomic E-state index is 13.1. The van der Waals surface area contributed by atoms with E-state index in [0.29, 0.717) is 17.9 Å². The lowest BCUT2D eigenvalue weighted by molar-refractivity contribution is 0.218. The van der Waals surface area contributed by atoms with Gasteiger partial charge >= 0.3 is 0 Å². The van der Waals surface area contributed by atoms with E-state index in [4.69, 9.17) is 0 Å². The minimum atomic E-state index is 0.00459. The van der Waals surface area contributed by atoms with Gasteiger partial charge in [-0.05, 0) is 54.2 Å². The number of fused-ring (bicyclic) bond motifs is 3. The largest absolute Gasteiger partial charge is 0.279 e. The van der Waals surface area contributed by atoms with Crippen molar-refractivity contribution in [3.8, 4) is 0 Å². The summed E-state index contributed by atoms with van der Waals surface area (Å²) in [5.41, 5.74) is 3.81. The zero-order chi connectivity index (χ0) is 18.5. The summed E-state index contributed by atoms with van der Waals surface area (Å²) in [6.45, 7) is 9.47. The molecule has 4 rings (SSSR count). The molecule has 1 atom stereocenters. The number of rotatable bonds is 2. The first-order valence-electron chi connectivity index (χ1n) is 9.27. The second-order valence-corrected chi connectivity index (χ2v) is 9.55. The van der Waals surface area contributed by atoms with Crippen molar-refractivity contribution in [1.82, 2.24) is 15.0 Å². The first kappa shape index (κ1) is 17.4. The highest BCUT2D eigenvalue weighted by molar-refractivity contribution is 7.18. The molecular weight excluding hydrogens is 342 g/mol. The molecule has 3 aromatic rings. The van der Waals surface area contributed by atoms with Crippen LogP contribution in [0.1, 0.15) is 48.8 Å². The monoisotopic (exact) mass is 367 g/mol. The fourth-order valence-corrected chi connectivity index (χ4v) is 5.15. The average molecular weight is 368 g/mol. The lowest BCUT2D eigenvalue weighted by atomic mass is 9.72. The maximum atomic E-state index is 13.1. The molecule has 1 aliphatic carbocycles. The number of benzene rings is 1. The Morgan fingerprint density at radius 3 is 2.77 bits per heavy atom. The molecule has 0 saturated heterocycles. The van der Waals surface area contributed by atoms with Crippen LogP contribution in [0, 0.1) is 18.3 Å². The third-order valence-corrected chi connectivity index (χ3v) is 6.88. The minimum absolute atomic E-state index is 0.00459. The van der Waals surface area contributed by atoms with E-state index in [0.717, 1.165) is 35.0 Å². The van der Waals surface area contributed by atoms with Crippen molar-refractivity contribution in [1.29, 1.82) is 0 Å². The number of aryl methyl sites for hydroxylation is 2. The van der Waals surface area contributed by atoms with Gasteiger partial charge in [0.2, 0.25) is 0 Å². The molecule has 136 valence electrons. The van der Waals surface area contributed by atoms with Crippen LogP contribution in [-0.2, 0) is 19.4 Å². The zero-order valence-electron chi connectivity index (χ0n) is 15.9. The standard InChI is InChI=1S/C21H25N3OS/c1-13-7-5-6-8-14(13)12-24-20(25)18-16-10-9-15(21(2,3)4)11-17(16)26-19(18)22-23-24/h5-8,15H,9-12H2,1-4H3/t15-/m0/s1. The zero-order valence-corrected chi connectivity index (χ0v) is 16.7. The predicted octanol–water partition coefficient (Wildman–Crippen LogP) is 4.36. The summed E-state index contributed by atoms with van der Waals surface area (Å²) in [5, 5.41) is 9.42. The van der Waals surface area contributed by atoms with E-state index in [9.17, 15) is 4.79 Å². The fourth-order valence-electron chi connectivity index (χ4n) is 3.92. The van der Waals surface area contributed by atoms with Crippen molar-refractivity contribution >= 4 is 21.6 Å². The molecule has 2 heterocycles. The van der Waals surface area contributed by atoms with Crippen molar-refractivity contribution in [2.24, 2.45) is 11.3 Å². The average Bonchev–Trinajstić information content (AvgIpc) is 2.97. The van der Waals surface area contributed by atoms with Gasteiger partial charge in [0.25, 0.3) is 5.56 Å². The number of hydrogen-bond acceptors (Lipinski definition) is 4. The van der Waals surface area contributed by atoms with E-state index < -0.39 is 0 Å². The van der Waals surface area contributed by atoms with Crippen LogP contribution in [0.4, 0.5) is 0 Å². The van der Waals surface area contributed by atoms with Gasteiger partial charge < -0.3 is 0 Å². The molecule has 1 aromatic carbocycles. The Kier molecular flexibility index (Phi) is 4.22. The first-order valence-corrected chi connectivity index (χ1v) is 10.1. The van der Waals surface area contributed by atoms with Crippen molar-refractivity contribution in [3.05, 3.63) is 56.2 Å². The number of thiophene rings is 1. The summed E-state index contributed by atoms with van der Waals surface area (Å²) in [7, 11) is 0. The van der Waals surface area contributed by atoms with Gasteiger partial charge in [0.1, 0.15) is 0 Å². The Morgan fingerprint density at radius 1 is 1.27 bits per heavy atom. The summed E-state index contributed by atoms with van der Waals surface area (Å²) in [5.74, 6) is 0.658. The Morgan fingerprint density at radius 2 is 2.04 bits per heavy atom. The SMILES string of the molecule is Cc1ccccc1Cn1nnc2sc3c(c2c1=O)CC[C@H](C(C)(C)C)C3. The van der Waals surface area contributed by atoms with Crippen LogP contribution in [0.15, 0.2) is 29.1 Å². The Labute approximate surface area is 157 Å². The van der Waals surface area contributed by atoms with E-state index in [1.807, 2.05) is 18.2 Å². The molecule has 0 bridgehead atoms. The second-order valence-electron chi connectivity index (χ2n) is 8.47. The first-order chi connectivity index (χ1) is 12.3. The van der Waals surface area contributed by atoms with Gasteiger partial charge in [-0.2, -0.15) is 0 Å². The summed E-state index contributed by atoms with van der Waals surface area (Å²) in [6.07, 6.45) is 3.17. The molecule has 0 N–H and O–H groups in total. The fraction of sp³-hybridized carbons (Fsp3) is 0.476. The predicted molar refractivity (Wildman–Crippen MR) is 107 cm³/mol. The summed E-state index contributed by atoms with van der Waals surface area (Å²) in [6, 6.07) is 8.12. The molecule has 1 aliphatic rings. The van der Waals surface area contributed by atoms with Crippen molar-refractivity contribution in [2.75, 3.05) is 0 Å². The van der Waals surface area contributed by atoms with Crippen LogP contribution in [-0.4, -0.2) is 15.0 Å². The highest BCUT2D eigenvalue weighted by Crippen LogP contribution is 2.41. The molecule has 0 fully saturated rings. The van der Waals surface area contributed by atoms with Crippen LogP contribution in [0.3, 0.4) is 0 Å². The van der Waals surface area contributed by atoms with Gasteiger partial charge in [-0.1, -0.05) is 50.3 Å². The van der Waals surface area contributed by atoms with E-state index in [-0.39, 0.29) is 5.56 Å². The topological polar surface area (TPSA) is 47.8 Å². The van der Waals surface area contributed by atoms with E-state index >= 15 is 0 Å². The number of nitrogens with zero attached hydrogens (tertiary/aromatic N) is 3. The molecule has 4 nitrogen and oxygen atoms in total. The summed E-state index contributed by atoms with van der Waals surface area (Å²) >= 11 is 1.66. The lowest BCUT2D eigenvalue weighted by Crippen LogP contribution is -2.28. The van der Waals surface area contributed by atoms with Crippen molar-refractivity contribution < 1.29 is 0 Å². The third-order valence-electron chi connectivity index (χ3n) is 5.74. The molecule has 0 amide bonds. The van der Waals surface area contributed by atoms with Crippen LogP contribution in [0.2, 0.25) is 0 Å². The number of aromatic nitrogens is 3. The van der Waals surface area contributed by atoms with E-state index in [2.05, 4.69) is 44.1 Å². The Balaban J connectivity index is 1.75. The Bertz CT molecular complexity index is 1030. The smallest absolute Gasteiger partial charge is 0.267 e. The highest BCUT2D eigenvalue weighted by atomic mass is 32.1. The van der Waals surface area contributed by atoms with Gasteiger partial charge in [0.15, 0.2) is 4.83 Å². The normalized spacial score (nSPS) is 17.5. The van der Waals surface area contributed by atoms with E-state index in [1.165, 1.54) is 20.7 Å². The van der Waals surface area contributed by atoms with E-state index in [1.54, 1.807) is 11.3 Å². The summed E-state index contributed by atoms with van der Waals surface area (Å²) in [4.78, 5) is 15.3. The van der Waals surface area contributed by atoms with Crippen LogP contribution in [0.25, 0.3) is 10.2 Å². The molecule has 0 spiro atoms. The quantitative estimate of drug-likeness (QED) is 0.676. The molecule has 0 unspecified atom stereocenters. The maximum Gasteiger partial charge on any atom is 0.279 e.